The molecule has 0 aliphatic carbocycles. The molecule has 0 saturated carbocycles. The number of rotatable bonds is 4. The van der Waals surface area contributed by atoms with E-state index in [0.29, 0.717) is 17.8 Å². The molecule has 1 aromatic carbocycles. The van der Waals surface area contributed by atoms with Crippen LogP contribution in [0.2, 0.25) is 0 Å². The highest BCUT2D eigenvalue weighted by molar-refractivity contribution is 5.93. The summed E-state index contributed by atoms with van der Waals surface area (Å²) < 4.78 is 0. The monoisotopic (exact) mass is 275 g/mol. The number of nitrogen functional groups attached to an aromatic ring is 1. The summed E-state index contributed by atoms with van der Waals surface area (Å²) in [6, 6.07) is 7.36. The first-order valence-electron chi connectivity index (χ1n) is 7.43. The lowest BCUT2D eigenvalue weighted by Crippen LogP contribution is -2.39. The van der Waals surface area contributed by atoms with Gasteiger partial charge in [0.25, 0.3) is 0 Å². The molecule has 0 bridgehead atoms. The van der Waals surface area contributed by atoms with E-state index in [1.807, 2.05) is 18.2 Å². The Labute approximate surface area is 121 Å². The minimum Gasteiger partial charge on any atom is -0.397 e. The average Bonchev–Trinajstić information content (AvgIpc) is 2.43. The molecule has 110 valence electrons. The lowest BCUT2D eigenvalue weighted by atomic mass is 9.89. The van der Waals surface area contributed by atoms with Crippen molar-refractivity contribution in [2.75, 3.05) is 30.7 Å². The Balaban J connectivity index is 1.77. The first kappa shape index (κ1) is 14.9. The molecule has 1 aliphatic rings. The third-order valence-corrected chi connectivity index (χ3v) is 4.31. The van der Waals surface area contributed by atoms with Crippen LogP contribution in [0.1, 0.15) is 26.7 Å². The van der Waals surface area contributed by atoms with Crippen molar-refractivity contribution < 1.29 is 4.79 Å². The number of carbonyl (C=O) groups is 1. The maximum atomic E-state index is 12.0. The van der Waals surface area contributed by atoms with Crippen LogP contribution in [0.5, 0.6) is 0 Å². The Hall–Kier alpha value is -1.55. The molecule has 1 saturated heterocycles. The van der Waals surface area contributed by atoms with Crippen LogP contribution < -0.4 is 11.1 Å². The van der Waals surface area contributed by atoms with E-state index in [4.69, 9.17) is 5.73 Å². The van der Waals surface area contributed by atoms with Crippen LogP contribution in [0.4, 0.5) is 11.4 Å². The van der Waals surface area contributed by atoms with Gasteiger partial charge in [-0.2, -0.15) is 0 Å². The van der Waals surface area contributed by atoms with Gasteiger partial charge in [0, 0.05) is 19.5 Å². The standard InChI is InChI=1S/C16H25N3O/c1-12-7-9-19(11-13(12)2)10-8-16(20)18-15-6-4-3-5-14(15)17/h3-6,12-13H,7-11,17H2,1-2H3,(H,18,20). The van der Waals surface area contributed by atoms with Crippen molar-refractivity contribution in [3.05, 3.63) is 24.3 Å². The molecule has 1 heterocycles. The highest BCUT2D eigenvalue weighted by atomic mass is 16.1. The number of nitrogens with one attached hydrogen (secondary N) is 1. The molecule has 1 amide bonds. The third kappa shape index (κ3) is 3.97. The molecule has 0 radical (unpaired) electrons. The van der Waals surface area contributed by atoms with Crippen molar-refractivity contribution in [1.29, 1.82) is 0 Å². The first-order valence-corrected chi connectivity index (χ1v) is 7.43. The molecule has 3 N–H and O–H groups in total. The maximum Gasteiger partial charge on any atom is 0.225 e. The van der Waals surface area contributed by atoms with Crippen LogP contribution in [0, 0.1) is 11.8 Å². The van der Waals surface area contributed by atoms with E-state index in [-0.39, 0.29) is 5.91 Å². The van der Waals surface area contributed by atoms with Crippen LogP contribution in [0.25, 0.3) is 0 Å². The number of piperidine rings is 1. The second-order valence-electron chi connectivity index (χ2n) is 5.93. The van der Waals surface area contributed by atoms with Crippen molar-refractivity contribution in [3.63, 3.8) is 0 Å². The van der Waals surface area contributed by atoms with Gasteiger partial charge >= 0.3 is 0 Å². The van der Waals surface area contributed by atoms with Gasteiger partial charge in [0.05, 0.1) is 11.4 Å². The van der Waals surface area contributed by atoms with Gasteiger partial charge in [0.2, 0.25) is 5.91 Å². The third-order valence-electron chi connectivity index (χ3n) is 4.31. The molecule has 1 fully saturated rings. The molecule has 2 atom stereocenters. The maximum absolute atomic E-state index is 12.0. The van der Waals surface area contributed by atoms with Gasteiger partial charge in [-0.15, -0.1) is 0 Å². The zero-order valence-corrected chi connectivity index (χ0v) is 12.4. The zero-order chi connectivity index (χ0) is 14.5. The summed E-state index contributed by atoms with van der Waals surface area (Å²) in [6.45, 7) is 7.64. The number of likely N-dealkylation sites (tertiary alicyclic amines) is 1. The van der Waals surface area contributed by atoms with Gasteiger partial charge in [0.15, 0.2) is 0 Å². The molecule has 2 rings (SSSR count). The molecule has 4 nitrogen and oxygen atoms in total. The molecular weight excluding hydrogens is 250 g/mol. The Morgan fingerprint density at radius 1 is 1.35 bits per heavy atom. The van der Waals surface area contributed by atoms with E-state index in [0.717, 1.165) is 31.5 Å². The van der Waals surface area contributed by atoms with Crippen molar-refractivity contribution in [2.24, 2.45) is 11.8 Å². The number of carbonyl (C=O) groups excluding carboxylic acids is 1. The molecule has 0 spiro atoms. The Morgan fingerprint density at radius 3 is 2.80 bits per heavy atom. The molecule has 1 aliphatic heterocycles. The average molecular weight is 275 g/mol. The fraction of sp³-hybridized carbons (Fsp3) is 0.562. The Morgan fingerprint density at radius 2 is 2.10 bits per heavy atom. The second-order valence-corrected chi connectivity index (χ2v) is 5.93. The van der Waals surface area contributed by atoms with E-state index < -0.39 is 0 Å². The molecular formula is C16H25N3O. The lowest BCUT2D eigenvalue weighted by Gasteiger charge is -2.35. The quantitative estimate of drug-likeness (QED) is 0.830. The molecule has 20 heavy (non-hydrogen) atoms. The number of amides is 1. The van der Waals surface area contributed by atoms with Gasteiger partial charge in [-0.1, -0.05) is 26.0 Å². The second kappa shape index (κ2) is 6.75. The van der Waals surface area contributed by atoms with E-state index in [9.17, 15) is 4.79 Å². The Bertz CT molecular complexity index is 461. The van der Waals surface area contributed by atoms with Crippen LogP contribution in [-0.4, -0.2) is 30.4 Å². The minimum atomic E-state index is 0.0363. The lowest BCUT2D eigenvalue weighted by molar-refractivity contribution is -0.116. The van der Waals surface area contributed by atoms with Crippen LogP contribution in [0.15, 0.2) is 24.3 Å². The first-order chi connectivity index (χ1) is 9.56. The highest BCUT2D eigenvalue weighted by Gasteiger charge is 2.22. The van der Waals surface area contributed by atoms with Crippen molar-refractivity contribution in [2.45, 2.75) is 26.7 Å². The fourth-order valence-electron chi connectivity index (χ4n) is 2.64. The van der Waals surface area contributed by atoms with Crippen LogP contribution in [0.3, 0.4) is 0 Å². The summed E-state index contributed by atoms with van der Waals surface area (Å²) in [5.74, 6) is 1.55. The summed E-state index contributed by atoms with van der Waals surface area (Å²) in [6.07, 6.45) is 1.75. The number of hydrogen-bond acceptors (Lipinski definition) is 3. The van der Waals surface area contributed by atoms with Crippen LogP contribution in [-0.2, 0) is 4.79 Å². The summed E-state index contributed by atoms with van der Waals surface area (Å²) in [4.78, 5) is 14.3. The normalized spacial score (nSPS) is 23.5. The number of nitrogens with zero attached hydrogens (tertiary/aromatic N) is 1. The molecule has 4 heteroatoms. The van der Waals surface area contributed by atoms with Crippen molar-refractivity contribution >= 4 is 17.3 Å². The summed E-state index contributed by atoms with van der Waals surface area (Å²) in [7, 11) is 0. The number of hydrogen-bond donors (Lipinski definition) is 2. The fourth-order valence-corrected chi connectivity index (χ4v) is 2.64. The smallest absolute Gasteiger partial charge is 0.225 e. The molecule has 2 unspecified atom stereocenters. The predicted molar refractivity (Wildman–Crippen MR) is 83.5 cm³/mol. The van der Waals surface area contributed by atoms with E-state index >= 15 is 0 Å². The number of nitrogens with two attached hydrogens (primary N) is 1. The summed E-state index contributed by atoms with van der Waals surface area (Å²) in [5.41, 5.74) is 7.14. The summed E-state index contributed by atoms with van der Waals surface area (Å²) in [5, 5.41) is 2.88. The van der Waals surface area contributed by atoms with Crippen molar-refractivity contribution in [1.82, 2.24) is 4.90 Å². The topological polar surface area (TPSA) is 58.4 Å². The van der Waals surface area contributed by atoms with E-state index in [1.54, 1.807) is 6.07 Å². The summed E-state index contributed by atoms with van der Waals surface area (Å²) >= 11 is 0. The van der Waals surface area contributed by atoms with E-state index in [1.165, 1.54) is 6.42 Å². The number of para-hydroxylation sites is 2. The molecule has 0 aromatic heterocycles. The minimum absolute atomic E-state index is 0.0363. The van der Waals surface area contributed by atoms with Crippen molar-refractivity contribution in [3.8, 4) is 0 Å². The van der Waals surface area contributed by atoms with Gasteiger partial charge in [-0.05, 0) is 36.9 Å². The van der Waals surface area contributed by atoms with Crippen LogP contribution >= 0.6 is 0 Å². The SMILES string of the molecule is CC1CCN(CCC(=O)Nc2ccccc2N)CC1C. The predicted octanol–water partition coefficient (Wildman–Crippen LogP) is 2.58. The van der Waals surface area contributed by atoms with E-state index in [2.05, 4.69) is 24.1 Å². The Kier molecular flexibility index (Phi) is 5.01. The van der Waals surface area contributed by atoms with Gasteiger partial charge < -0.3 is 16.0 Å². The van der Waals surface area contributed by atoms with Gasteiger partial charge in [-0.3, -0.25) is 4.79 Å². The molecule has 1 aromatic rings. The van der Waals surface area contributed by atoms with Gasteiger partial charge in [-0.25, -0.2) is 0 Å². The number of anilines is 2. The van der Waals surface area contributed by atoms with Gasteiger partial charge in [0.1, 0.15) is 0 Å². The highest BCUT2D eigenvalue weighted by Crippen LogP contribution is 2.22. The largest absolute Gasteiger partial charge is 0.397 e. The number of benzene rings is 1. The zero-order valence-electron chi connectivity index (χ0n) is 12.4.